The molecule has 0 bridgehead atoms. The number of aliphatic carboxylic acids is 1. The predicted octanol–water partition coefficient (Wildman–Crippen LogP) is 2.76. The summed E-state index contributed by atoms with van der Waals surface area (Å²) in [5.74, 6) is -2.68. The van der Waals surface area contributed by atoms with Crippen molar-refractivity contribution in [3.05, 3.63) is 0 Å². The standard InChI is InChI=1S/C25H40O9/c26-15-6-8-21(14(11-15)13-32-31)33-22-9-10-23(18-4-2-1-3-17(18)22)34-25(30)19-7-5-16(27)12-20(19)24(28)29/h14-23,26-27,31H,1-13H2,(H,28,29). The number of hydrogen-bond donors (Lipinski definition) is 4. The molecule has 4 aliphatic carbocycles. The van der Waals surface area contributed by atoms with Gasteiger partial charge in [-0.05, 0) is 70.1 Å². The van der Waals surface area contributed by atoms with Gasteiger partial charge >= 0.3 is 11.9 Å². The molecule has 0 aromatic heterocycles. The van der Waals surface area contributed by atoms with Gasteiger partial charge in [0, 0.05) is 11.8 Å². The normalized spacial score (nSPS) is 43.0. The van der Waals surface area contributed by atoms with Crippen molar-refractivity contribution in [2.75, 3.05) is 6.61 Å². The Kier molecular flexibility index (Phi) is 8.85. The van der Waals surface area contributed by atoms with Crippen molar-refractivity contribution in [3.8, 4) is 0 Å². The van der Waals surface area contributed by atoms with Crippen molar-refractivity contribution in [2.24, 2.45) is 29.6 Å². The zero-order valence-corrected chi connectivity index (χ0v) is 19.8. The van der Waals surface area contributed by atoms with Gasteiger partial charge in [-0.15, -0.1) is 0 Å². The van der Waals surface area contributed by atoms with Crippen LogP contribution >= 0.6 is 0 Å². The average molecular weight is 485 g/mol. The van der Waals surface area contributed by atoms with Gasteiger partial charge in [-0.2, -0.15) is 0 Å². The Hall–Kier alpha value is -1.26. The topological polar surface area (TPSA) is 143 Å². The van der Waals surface area contributed by atoms with E-state index in [1.165, 1.54) is 0 Å². The Morgan fingerprint density at radius 3 is 2.06 bits per heavy atom. The summed E-state index contributed by atoms with van der Waals surface area (Å²) in [6, 6.07) is 0. The Bertz CT molecular complexity index is 700. The van der Waals surface area contributed by atoms with Crippen LogP contribution in [0.2, 0.25) is 0 Å². The zero-order chi connectivity index (χ0) is 24.2. The van der Waals surface area contributed by atoms with Crippen LogP contribution in [0.15, 0.2) is 0 Å². The number of carboxylic acids is 1. The van der Waals surface area contributed by atoms with E-state index in [1.54, 1.807) is 0 Å². The summed E-state index contributed by atoms with van der Waals surface area (Å²) >= 11 is 0. The van der Waals surface area contributed by atoms with Gasteiger partial charge < -0.3 is 24.8 Å². The van der Waals surface area contributed by atoms with E-state index in [0.717, 1.165) is 38.5 Å². The molecule has 4 N–H and O–H groups in total. The Morgan fingerprint density at radius 2 is 1.35 bits per heavy atom. The van der Waals surface area contributed by atoms with Gasteiger partial charge in [0.25, 0.3) is 0 Å². The summed E-state index contributed by atoms with van der Waals surface area (Å²) in [5.41, 5.74) is 0. The Balaban J connectivity index is 1.39. The van der Waals surface area contributed by atoms with Crippen LogP contribution in [0.1, 0.15) is 77.0 Å². The largest absolute Gasteiger partial charge is 0.481 e. The third-order valence-electron chi connectivity index (χ3n) is 8.80. The minimum atomic E-state index is -1.05. The lowest BCUT2D eigenvalue weighted by molar-refractivity contribution is -0.265. The maximum Gasteiger partial charge on any atom is 0.310 e. The number of esters is 1. The first-order chi connectivity index (χ1) is 16.4. The fourth-order valence-corrected chi connectivity index (χ4v) is 7.01. The van der Waals surface area contributed by atoms with E-state index < -0.39 is 36.0 Å². The molecule has 4 saturated carbocycles. The van der Waals surface area contributed by atoms with Gasteiger partial charge in [0.15, 0.2) is 0 Å². The van der Waals surface area contributed by atoms with Crippen molar-refractivity contribution in [2.45, 2.75) is 108 Å². The number of carboxylic acid groups (broad SMARTS) is 1. The molecule has 0 saturated heterocycles. The molecule has 0 amide bonds. The first kappa shape index (κ1) is 25.8. The molecule has 0 aromatic rings. The van der Waals surface area contributed by atoms with E-state index in [2.05, 4.69) is 4.89 Å². The second-order valence-electron chi connectivity index (χ2n) is 10.9. The van der Waals surface area contributed by atoms with E-state index >= 15 is 0 Å². The fourth-order valence-electron chi connectivity index (χ4n) is 7.01. The number of fused-ring (bicyclic) bond motifs is 1. The molecular weight excluding hydrogens is 444 g/mol. The van der Waals surface area contributed by atoms with Crippen LogP contribution in [-0.2, 0) is 24.0 Å². The Labute approximate surface area is 200 Å². The molecule has 4 aliphatic rings. The highest BCUT2D eigenvalue weighted by Crippen LogP contribution is 2.45. The fraction of sp³-hybridized carbons (Fsp3) is 0.920. The van der Waals surface area contributed by atoms with Gasteiger partial charge in [0.1, 0.15) is 6.10 Å². The van der Waals surface area contributed by atoms with Crippen molar-refractivity contribution in [3.63, 3.8) is 0 Å². The van der Waals surface area contributed by atoms with Crippen LogP contribution in [0.4, 0.5) is 0 Å². The molecule has 10 atom stereocenters. The number of hydrogen-bond acceptors (Lipinski definition) is 8. The highest BCUT2D eigenvalue weighted by molar-refractivity contribution is 5.81. The van der Waals surface area contributed by atoms with Gasteiger partial charge in [-0.25, -0.2) is 4.89 Å². The summed E-state index contributed by atoms with van der Waals surface area (Å²) in [7, 11) is 0. The lowest BCUT2D eigenvalue weighted by atomic mass is 9.67. The zero-order valence-electron chi connectivity index (χ0n) is 19.8. The van der Waals surface area contributed by atoms with Gasteiger partial charge in [0.05, 0.1) is 42.9 Å². The summed E-state index contributed by atoms with van der Waals surface area (Å²) in [4.78, 5) is 29.1. The third kappa shape index (κ3) is 5.93. The molecule has 4 rings (SSSR count). The minimum Gasteiger partial charge on any atom is -0.481 e. The lowest BCUT2D eigenvalue weighted by Gasteiger charge is -2.47. The van der Waals surface area contributed by atoms with Gasteiger partial charge in [0.2, 0.25) is 0 Å². The summed E-state index contributed by atoms with van der Waals surface area (Å²) < 4.78 is 12.6. The molecule has 9 heteroatoms. The van der Waals surface area contributed by atoms with Gasteiger partial charge in [-0.1, -0.05) is 12.8 Å². The van der Waals surface area contributed by atoms with E-state index in [9.17, 15) is 24.9 Å². The number of rotatable bonds is 7. The third-order valence-corrected chi connectivity index (χ3v) is 8.80. The predicted molar refractivity (Wildman–Crippen MR) is 120 cm³/mol. The van der Waals surface area contributed by atoms with Crippen LogP contribution in [0.5, 0.6) is 0 Å². The quantitative estimate of drug-likeness (QED) is 0.244. The van der Waals surface area contributed by atoms with Crippen LogP contribution in [0, 0.1) is 29.6 Å². The van der Waals surface area contributed by atoms with Crippen LogP contribution < -0.4 is 0 Å². The highest BCUT2D eigenvalue weighted by Gasteiger charge is 2.47. The minimum absolute atomic E-state index is 0.0401. The summed E-state index contributed by atoms with van der Waals surface area (Å²) in [6.07, 6.45) is 7.05. The Morgan fingerprint density at radius 1 is 0.735 bits per heavy atom. The first-order valence-corrected chi connectivity index (χ1v) is 13.1. The highest BCUT2D eigenvalue weighted by atomic mass is 17.1. The number of ether oxygens (including phenoxy) is 2. The molecule has 0 heterocycles. The van der Waals surface area contributed by atoms with Crippen LogP contribution in [0.3, 0.4) is 0 Å². The van der Waals surface area contributed by atoms with Crippen molar-refractivity contribution in [1.82, 2.24) is 0 Å². The van der Waals surface area contributed by atoms with E-state index in [4.69, 9.17) is 14.7 Å². The van der Waals surface area contributed by atoms with Crippen molar-refractivity contribution >= 4 is 11.9 Å². The molecule has 34 heavy (non-hydrogen) atoms. The molecule has 0 spiro atoms. The first-order valence-electron chi connectivity index (χ1n) is 13.1. The molecular formula is C25H40O9. The maximum atomic E-state index is 13.0. The monoisotopic (exact) mass is 484 g/mol. The smallest absolute Gasteiger partial charge is 0.310 e. The number of carbonyl (C=O) groups is 2. The van der Waals surface area contributed by atoms with E-state index in [0.29, 0.717) is 32.1 Å². The number of carbonyl (C=O) groups excluding carboxylic acids is 1. The van der Waals surface area contributed by atoms with Crippen LogP contribution in [0.25, 0.3) is 0 Å². The molecule has 194 valence electrons. The summed E-state index contributed by atoms with van der Waals surface area (Å²) in [6.45, 7) is 0.142. The van der Waals surface area contributed by atoms with Crippen molar-refractivity contribution < 1.29 is 44.5 Å². The van der Waals surface area contributed by atoms with E-state index in [1.807, 2.05) is 0 Å². The molecule has 4 fully saturated rings. The van der Waals surface area contributed by atoms with Crippen molar-refractivity contribution in [1.29, 1.82) is 0 Å². The maximum absolute atomic E-state index is 13.0. The van der Waals surface area contributed by atoms with E-state index in [-0.39, 0.29) is 49.1 Å². The molecule has 0 aromatic carbocycles. The lowest BCUT2D eigenvalue weighted by Crippen LogP contribution is -2.49. The second-order valence-corrected chi connectivity index (χ2v) is 10.9. The molecule has 9 nitrogen and oxygen atoms in total. The summed E-state index contributed by atoms with van der Waals surface area (Å²) in [5, 5.41) is 38.4. The number of aliphatic hydroxyl groups excluding tert-OH is 2. The SMILES string of the molecule is O=C(O)C1CC(O)CCC1C(=O)OC1CCC(OC2CCC(O)CC2COO)C2CCCCC12. The molecule has 10 unspecified atom stereocenters. The second kappa shape index (κ2) is 11.6. The van der Waals surface area contributed by atoms with Crippen LogP contribution in [-0.4, -0.2) is 69.6 Å². The number of aliphatic hydroxyl groups is 2. The molecule has 0 radical (unpaired) electrons. The average Bonchev–Trinajstić information content (AvgIpc) is 2.82. The van der Waals surface area contributed by atoms with Gasteiger partial charge in [-0.3, -0.25) is 14.8 Å². The molecule has 0 aliphatic heterocycles.